The lowest BCUT2D eigenvalue weighted by molar-refractivity contribution is 0.460. The van der Waals surface area contributed by atoms with Gasteiger partial charge >= 0.3 is 0 Å². The molecule has 2 rings (SSSR count). The van der Waals surface area contributed by atoms with Gasteiger partial charge in [0.25, 0.3) is 0 Å². The molecule has 0 amide bonds. The summed E-state index contributed by atoms with van der Waals surface area (Å²) < 4.78 is 41.2. The Bertz CT molecular complexity index is 611. The molecule has 2 aromatic rings. The van der Waals surface area contributed by atoms with Gasteiger partial charge in [-0.3, -0.25) is 0 Å². The third-order valence-electron chi connectivity index (χ3n) is 3.28. The van der Waals surface area contributed by atoms with Crippen molar-refractivity contribution in [2.75, 3.05) is 6.54 Å². The fraction of sp³-hybridized carbons (Fsp3) is 0.250. The minimum Gasteiger partial charge on any atom is -0.310 e. The van der Waals surface area contributed by atoms with E-state index in [4.69, 9.17) is 11.6 Å². The van der Waals surface area contributed by atoms with Gasteiger partial charge in [-0.2, -0.15) is 0 Å². The Morgan fingerprint density at radius 2 is 1.71 bits per heavy atom. The van der Waals surface area contributed by atoms with Crippen LogP contribution in [0.1, 0.15) is 24.1 Å². The predicted octanol–water partition coefficient (Wildman–Crippen LogP) is 4.65. The van der Waals surface area contributed by atoms with E-state index in [9.17, 15) is 13.2 Å². The third-order valence-corrected chi connectivity index (χ3v) is 3.63. The van der Waals surface area contributed by atoms with Crippen LogP contribution in [0.15, 0.2) is 36.4 Å². The van der Waals surface area contributed by atoms with Crippen LogP contribution in [0.3, 0.4) is 0 Å². The van der Waals surface area contributed by atoms with Crippen LogP contribution >= 0.6 is 11.6 Å². The second kappa shape index (κ2) is 6.96. The van der Waals surface area contributed by atoms with Gasteiger partial charge in [-0.25, -0.2) is 13.2 Å². The van der Waals surface area contributed by atoms with Gasteiger partial charge in [-0.15, -0.1) is 0 Å². The molecule has 5 heteroatoms. The monoisotopic (exact) mass is 313 g/mol. The van der Waals surface area contributed by atoms with Crippen molar-refractivity contribution in [2.45, 2.75) is 19.4 Å². The van der Waals surface area contributed by atoms with Crippen molar-refractivity contribution in [2.24, 2.45) is 0 Å². The van der Waals surface area contributed by atoms with E-state index in [1.165, 1.54) is 24.3 Å². The van der Waals surface area contributed by atoms with Gasteiger partial charge in [-0.05, 0) is 31.2 Å². The molecular formula is C16H15ClF3N. The Morgan fingerprint density at radius 3 is 2.38 bits per heavy atom. The van der Waals surface area contributed by atoms with Crippen molar-refractivity contribution < 1.29 is 13.2 Å². The molecule has 0 aliphatic rings. The number of hydrogen-bond acceptors (Lipinski definition) is 1. The van der Waals surface area contributed by atoms with Crippen molar-refractivity contribution in [1.29, 1.82) is 0 Å². The zero-order valence-electron chi connectivity index (χ0n) is 11.5. The number of likely N-dealkylation sites (N-methyl/N-ethyl adjacent to an activating group) is 1. The van der Waals surface area contributed by atoms with Crippen LogP contribution in [0.2, 0.25) is 5.02 Å². The molecular weight excluding hydrogens is 299 g/mol. The van der Waals surface area contributed by atoms with Crippen LogP contribution in [-0.2, 0) is 6.42 Å². The molecule has 1 atom stereocenters. The predicted molar refractivity (Wildman–Crippen MR) is 77.9 cm³/mol. The van der Waals surface area contributed by atoms with Crippen LogP contribution in [0.5, 0.6) is 0 Å². The highest BCUT2D eigenvalue weighted by Crippen LogP contribution is 2.27. The summed E-state index contributed by atoms with van der Waals surface area (Å²) in [5, 5.41) is 3.31. The van der Waals surface area contributed by atoms with Crippen LogP contribution in [-0.4, -0.2) is 6.54 Å². The van der Waals surface area contributed by atoms with Crippen molar-refractivity contribution >= 4 is 11.6 Å². The summed E-state index contributed by atoms with van der Waals surface area (Å²) in [5.41, 5.74) is 0.449. The molecule has 21 heavy (non-hydrogen) atoms. The lowest BCUT2D eigenvalue weighted by Crippen LogP contribution is -2.24. The summed E-state index contributed by atoms with van der Waals surface area (Å²) in [6.07, 6.45) is 0.139. The summed E-state index contributed by atoms with van der Waals surface area (Å²) in [4.78, 5) is 0. The fourth-order valence-electron chi connectivity index (χ4n) is 2.26. The standard InChI is InChI=1S/C16H15ClF3N/c1-2-21-15(10-5-3-8-14(19)16(10)20)9-11-12(17)6-4-7-13(11)18/h3-8,15,21H,2,9H2,1H3. The molecule has 0 aromatic heterocycles. The molecule has 0 fully saturated rings. The molecule has 0 saturated heterocycles. The molecule has 2 aromatic carbocycles. The number of benzene rings is 2. The number of rotatable bonds is 5. The molecule has 112 valence electrons. The zero-order valence-corrected chi connectivity index (χ0v) is 12.2. The van der Waals surface area contributed by atoms with Gasteiger partial charge in [-0.1, -0.05) is 36.7 Å². The molecule has 0 saturated carbocycles. The van der Waals surface area contributed by atoms with E-state index >= 15 is 0 Å². The van der Waals surface area contributed by atoms with Gasteiger partial charge in [0.15, 0.2) is 11.6 Å². The topological polar surface area (TPSA) is 12.0 Å². The molecule has 0 bridgehead atoms. The average molecular weight is 314 g/mol. The van der Waals surface area contributed by atoms with E-state index in [0.29, 0.717) is 6.54 Å². The van der Waals surface area contributed by atoms with E-state index in [1.54, 1.807) is 6.07 Å². The van der Waals surface area contributed by atoms with Crippen molar-refractivity contribution in [3.8, 4) is 0 Å². The number of nitrogens with one attached hydrogen (secondary N) is 1. The number of hydrogen-bond donors (Lipinski definition) is 1. The Labute approximate surface area is 126 Å². The molecule has 0 aliphatic carbocycles. The molecule has 0 heterocycles. The first-order valence-corrected chi connectivity index (χ1v) is 7.02. The SMILES string of the molecule is CCNC(Cc1c(F)cccc1Cl)c1cccc(F)c1F. The van der Waals surface area contributed by atoms with E-state index in [1.807, 2.05) is 6.92 Å². The highest BCUT2D eigenvalue weighted by atomic mass is 35.5. The highest BCUT2D eigenvalue weighted by Gasteiger charge is 2.20. The Kier molecular flexibility index (Phi) is 5.26. The first-order chi connectivity index (χ1) is 10.0. The smallest absolute Gasteiger partial charge is 0.163 e. The molecule has 0 aliphatic heterocycles. The first kappa shape index (κ1) is 15.9. The number of halogens is 4. The summed E-state index contributed by atoms with van der Waals surface area (Å²) >= 11 is 6.00. The highest BCUT2D eigenvalue weighted by molar-refractivity contribution is 6.31. The Morgan fingerprint density at radius 1 is 1.05 bits per heavy atom. The van der Waals surface area contributed by atoms with E-state index in [-0.39, 0.29) is 22.6 Å². The summed E-state index contributed by atoms with van der Waals surface area (Å²) in [7, 11) is 0. The van der Waals surface area contributed by atoms with E-state index in [0.717, 1.165) is 6.07 Å². The molecule has 0 radical (unpaired) electrons. The van der Waals surface area contributed by atoms with Gasteiger partial charge in [0, 0.05) is 22.2 Å². The Hall–Kier alpha value is -1.52. The molecule has 1 unspecified atom stereocenters. The van der Waals surface area contributed by atoms with E-state index < -0.39 is 23.5 Å². The maximum absolute atomic E-state index is 13.9. The van der Waals surface area contributed by atoms with Gasteiger partial charge in [0.05, 0.1) is 0 Å². The van der Waals surface area contributed by atoms with Crippen LogP contribution in [0, 0.1) is 17.5 Å². The van der Waals surface area contributed by atoms with E-state index in [2.05, 4.69) is 5.32 Å². The van der Waals surface area contributed by atoms with Crippen molar-refractivity contribution in [3.05, 3.63) is 70.0 Å². The fourth-order valence-corrected chi connectivity index (χ4v) is 2.50. The molecule has 1 nitrogen and oxygen atoms in total. The minimum atomic E-state index is -0.921. The largest absolute Gasteiger partial charge is 0.310 e. The van der Waals surface area contributed by atoms with Crippen molar-refractivity contribution in [1.82, 2.24) is 5.32 Å². The lowest BCUT2D eigenvalue weighted by Gasteiger charge is -2.20. The van der Waals surface area contributed by atoms with Crippen LogP contribution < -0.4 is 5.32 Å². The lowest BCUT2D eigenvalue weighted by atomic mass is 9.97. The average Bonchev–Trinajstić information content (AvgIpc) is 2.45. The maximum Gasteiger partial charge on any atom is 0.163 e. The zero-order chi connectivity index (χ0) is 15.4. The second-order valence-electron chi connectivity index (χ2n) is 4.66. The first-order valence-electron chi connectivity index (χ1n) is 6.64. The summed E-state index contributed by atoms with van der Waals surface area (Å²) in [6, 6.07) is 7.79. The minimum absolute atomic E-state index is 0.139. The van der Waals surface area contributed by atoms with Gasteiger partial charge < -0.3 is 5.32 Å². The molecule has 1 N–H and O–H groups in total. The Balaban J connectivity index is 2.38. The summed E-state index contributed by atoms with van der Waals surface area (Å²) in [6.45, 7) is 2.37. The quantitative estimate of drug-likeness (QED) is 0.847. The molecule has 0 spiro atoms. The third kappa shape index (κ3) is 3.57. The van der Waals surface area contributed by atoms with Crippen LogP contribution in [0.4, 0.5) is 13.2 Å². The normalized spacial score (nSPS) is 12.4. The summed E-state index contributed by atoms with van der Waals surface area (Å²) in [5.74, 6) is -2.30. The maximum atomic E-state index is 13.9. The van der Waals surface area contributed by atoms with Crippen LogP contribution in [0.25, 0.3) is 0 Å². The van der Waals surface area contributed by atoms with Crippen molar-refractivity contribution in [3.63, 3.8) is 0 Å². The second-order valence-corrected chi connectivity index (χ2v) is 5.06. The van der Waals surface area contributed by atoms with Gasteiger partial charge in [0.2, 0.25) is 0 Å². The van der Waals surface area contributed by atoms with Gasteiger partial charge in [0.1, 0.15) is 5.82 Å².